The first kappa shape index (κ1) is 33.9. The van der Waals surface area contributed by atoms with Crippen LogP contribution in [-0.2, 0) is 24.0 Å². The number of thioether (sulfide) groups is 1. The van der Waals surface area contributed by atoms with Crippen LogP contribution in [0.3, 0.4) is 0 Å². The van der Waals surface area contributed by atoms with Gasteiger partial charge in [0, 0.05) is 6.54 Å². The third-order valence-corrected chi connectivity index (χ3v) is 5.79. The van der Waals surface area contributed by atoms with E-state index in [1.165, 1.54) is 11.8 Å². The molecular weight excluding hydrogens is 506 g/mol. The van der Waals surface area contributed by atoms with Crippen molar-refractivity contribution >= 4 is 47.3 Å². The summed E-state index contributed by atoms with van der Waals surface area (Å²) in [5.74, 6) is -3.94. The number of carboxylic acids is 1. The quantitative estimate of drug-likeness (QED) is 0.0412. The molecule has 16 heteroatoms. The van der Waals surface area contributed by atoms with Gasteiger partial charge < -0.3 is 49.7 Å². The van der Waals surface area contributed by atoms with E-state index in [0.717, 1.165) is 0 Å². The summed E-state index contributed by atoms with van der Waals surface area (Å²) in [4.78, 5) is 65.2. The van der Waals surface area contributed by atoms with Gasteiger partial charge in [-0.15, -0.1) is 0 Å². The molecule has 4 unspecified atom stereocenters. The molecule has 37 heavy (non-hydrogen) atoms. The number of guanidine groups is 1. The summed E-state index contributed by atoms with van der Waals surface area (Å²) in [5.41, 5.74) is 27.1. The van der Waals surface area contributed by atoms with Gasteiger partial charge in [-0.05, 0) is 57.1 Å². The van der Waals surface area contributed by atoms with Crippen molar-refractivity contribution < 1.29 is 29.1 Å². The second-order valence-electron chi connectivity index (χ2n) is 8.31. The second kappa shape index (κ2) is 19.1. The van der Waals surface area contributed by atoms with E-state index in [4.69, 9.17) is 28.7 Å². The van der Waals surface area contributed by atoms with Crippen LogP contribution in [0.2, 0.25) is 0 Å². The average Bonchev–Trinajstić information content (AvgIpc) is 2.82. The minimum Gasteiger partial charge on any atom is -0.480 e. The van der Waals surface area contributed by atoms with Gasteiger partial charge in [0.2, 0.25) is 23.6 Å². The summed E-state index contributed by atoms with van der Waals surface area (Å²) < 4.78 is 0. The van der Waals surface area contributed by atoms with Gasteiger partial charge in [0.1, 0.15) is 18.1 Å². The number of amides is 4. The number of carbonyl (C=O) groups excluding carboxylic acids is 4. The van der Waals surface area contributed by atoms with E-state index in [-0.39, 0.29) is 31.8 Å². The summed E-state index contributed by atoms with van der Waals surface area (Å²) in [6.07, 6.45) is 3.20. The van der Waals surface area contributed by atoms with E-state index in [1.54, 1.807) is 0 Å². The van der Waals surface area contributed by atoms with Crippen molar-refractivity contribution in [2.45, 2.75) is 69.1 Å². The minimum absolute atomic E-state index is 0.0131. The Kier molecular flexibility index (Phi) is 17.5. The fourth-order valence-corrected chi connectivity index (χ4v) is 3.62. The maximum Gasteiger partial charge on any atom is 0.326 e. The first-order valence-corrected chi connectivity index (χ1v) is 13.2. The largest absolute Gasteiger partial charge is 0.480 e. The number of aliphatic imine (C=N–C) groups is 1. The molecule has 0 aliphatic carbocycles. The molecule has 4 amide bonds. The zero-order valence-corrected chi connectivity index (χ0v) is 21.9. The van der Waals surface area contributed by atoms with Crippen LogP contribution in [0.4, 0.5) is 0 Å². The molecule has 0 rings (SSSR count). The lowest BCUT2D eigenvalue weighted by Gasteiger charge is -2.25. The van der Waals surface area contributed by atoms with E-state index in [2.05, 4.69) is 20.9 Å². The van der Waals surface area contributed by atoms with Gasteiger partial charge in [-0.2, -0.15) is 11.8 Å². The molecule has 4 atom stereocenters. The number of nitrogens with zero attached hydrogens (tertiary/aromatic N) is 1. The molecule has 0 fully saturated rings. The Morgan fingerprint density at radius 2 is 1.41 bits per heavy atom. The van der Waals surface area contributed by atoms with Crippen LogP contribution < -0.4 is 44.6 Å². The molecule has 0 aromatic carbocycles. The maximum absolute atomic E-state index is 13.0. The molecule has 0 aromatic rings. The highest BCUT2D eigenvalue weighted by atomic mass is 32.2. The first-order chi connectivity index (χ1) is 17.4. The van der Waals surface area contributed by atoms with Crippen molar-refractivity contribution in [3.05, 3.63) is 0 Å². The monoisotopic (exact) mass is 547 g/mol. The number of carboxylic acid groups (broad SMARTS) is 1. The van der Waals surface area contributed by atoms with E-state index in [1.807, 2.05) is 6.26 Å². The topological polar surface area (TPSA) is 284 Å². The number of hydrogen-bond donors (Lipinski definition) is 9. The lowest BCUT2D eigenvalue weighted by atomic mass is 10.1. The summed E-state index contributed by atoms with van der Waals surface area (Å²) >= 11 is 1.52. The molecule has 0 aromatic heterocycles. The zero-order valence-electron chi connectivity index (χ0n) is 21.1. The number of aliphatic carboxylic acids is 1. The molecule has 0 spiro atoms. The van der Waals surface area contributed by atoms with E-state index >= 15 is 0 Å². The van der Waals surface area contributed by atoms with Gasteiger partial charge in [0.05, 0.1) is 12.5 Å². The number of primary amides is 1. The Hall–Kier alpha value is -3.11. The van der Waals surface area contributed by atoms with Crippen molar-refractivity contribution in [3.63, 3.8) is 0 Å². The first-order valence-electron chi connectivity index (χ1n) is 11.8. The van der Waals surface area contributed by atoms with Crippen LogP contribution in [0, 0.1) is 0 Å². The van der Waals surface area contributed by atoms with Crippen molar-refractivity contribution in [2.24, 2.45) is 33.7 Å². The number of rotatable bonds is 20. The number of unbranched alkanes of at least 4 members (excludes halogenated alkanes) is 1. The van der Waals surface area contributed by atoms with Crippen LogP contribution in [0.25, 0.3) is 0 Å². The summed E-state index contributed by atoms with van der Waals surface area (Å²) in [5, 5.41) is 16.7. The molecule has 0 bridgehead atoms. The van der Waals surface area contributed by atoms with Gasteiger partial charge in [-0.25, -0.2) is 4.79 Å². The smallest absolute Gasteiger partial charge is 0.326 e. The fourth-order valence-electron chi connectivity index (χ4n) is 3.13. The molecule has 0 saturated carbocycles. The second-order valence-corrected chi connectivity index (χ2v) is 9.30. The minimum atomic E-state index is -1.47. The van der Waals surface area contributed by atoms with E-state index in [0.29, 0.717) is 31.6 Å². The average molecular weight is 548 g/mol. The summed E-state index contributed by atoms with van der Waals surface area (Å²) in [6.45, 7) is 0.523. The summed E-state index contributed by atoms with van der Waals surface area (Å²) in [6, 6.07) is -4.69. The lowest BCUT2D eigenvalue weighted by molar-refractivity contribution is -0.142. The van der Waals surface area contributed by atoms with Crippen molar-refractivity contribution in [3.8, 4) is 0 Å². The number of hydrogen-bond acceptors (Lipinski definition) is 9. The van der Waals surface area contributed by atoms with Crippen LogP contribution >= 0.6 is 11.8 Å². The van der Waals surface area contributed by atoms with Crippen molar-refractivity contribution in [2.75, 3.05) is 25.1 Å². The molecule has 0 radical (unpaired) electrons. The standard InChI is InChI=1S/C21H41N9O6S/c1-37-10-7-12(23)17(32)28-13(5-2-3-8-22)18(33)30-15(11-16(24)31)19(34)29-14(20(35)36)6-4-9-27-21(25)26/h12-15H,2-11,22-23H2,1H3,(H2,24,31)(H,28,32)(H,29,34)(H,30,33)(H,35,36)(H4,25,26,27). The SMILES string of the molecule is CSCCC(N)C(=O)NC(CCCCN)C(=O)NC(CC(N)=O)C(=O)NC(CCCN=C(N)N)C(=O)O. The van der Waals surface area contributed by atoms with Crippen LogP contribution in [-0.4, -0.2) is 89.9 Å². The van der Waals surface area contributed by atoms with Crippen molar-refractivity contribution in [1.29, 1.82) is 0 Å². The molecule has 212 valence electrons. The maximum atomic E-state index is 13.0. The highest BCUT2D eigenvalue weighted by molar-refractivity contribution is 7.98. The van der Waals surface area contributed by atoms with Gasteiger partial charge in [0.25, 0.3) is 0 Å². The number of nitrogens with two attached hydrogens (primary N) is 5. The normalized spacial score (nSPS) is 13.9. The molecule has 0 saturated heterocycles. The van der Waals surface area contributed by atoms with E-state index < -0.39 is 60.2 Å². The van der Waals surface area contributed by atoms with Gasteiger partial charge in [-0.3, -0.25) is 24.2 Å². The third kappa shape index (κ3) is 15.6. The van der Waals surface area contributed by atoms with Crippen LogP contribution in [0.1, 0.15) is 44.9 Å². The highest BCUT2D eigenvalue weighted by Gasteiger charge is 2.31. The molecular formula is C21H41N9O6S. The van der Waals surface area contributed by atoms with E-state index in [9.17, 15) is 29.1 Å². The van der Waals surface area contributed by atoms with Crippen molar-refractivity contribution in [1.82, 2.24) is 16.0 Å². The zero-order chi connectivity index (χ0) is 28.4. The Morgan fingerprint density at radius 1 is 0.838 bits per heavy atom. The van der Waals surface area contributed by atoms with Crippen LogP contribution in [0.15, 0.2) is 4.99 Å². The molecule has 0 aliphatic heterocycles. The van der Waals surface area contributed by atoms with Gasteiger partial charge in [-0.1, -0.05) is 0 Å². The molecule has 14 N–H and O–H groups in total. The Balaban J connectivity index is 5.46. The predicted molar refractivity (Wildman–Crippen MR) is 141 cm³/mol. The Labute approximate surface area is 220 Å². The predicted octanol–water partition coefficient (Wildman–Crippen LogP) is -3.34. The molecule has 15 nitrogen and oxygen atoms in total. The summed E-state index contributed by atoms with van der Waals surface area (Å²) in [7, 11) is 0. The number of carbonyl (C=O) groups is 5. The van der Waals surface area contributed by atoms with Gasteiger partial charge in [0.15, 0.2) is 5.96 Å². The fraction of sp³-hybridized carbons (Fsp3) is 0.714. The highest BCUT2D eigenvalue weighted by Crippen LogP contribution is 2.06. The third-order valence-electron chi connectivity index (χ3n) is 5.15. The van der Waals surface area contributed by atoms with Crippen LogP contribution in [0.5, 0.6) is 0 Å². The Bertz CT molecular complexity index is 794. The molecule has 0 aliphatic rings. The molecule has 0 heterocycles. The Morgan fingerprint density at radius 3 is 1.95 bits per heavy atom. The number of nitrogens with one attached hydrogen (secondary N) is 3. The lowest BCUT2D eigenvalue weighted by Crippen LogP contribution is -2.57. The van der Waals surface area contributed by atoms with Gasteiger partial charge >= 0.3 is 5.97 Å².